The van der Waals surface area contributed by atoms with Crippen LogP contribution in [-0.4, -0.2) is 34.9 Å². The molecule has 20 heavy (non-hydrogen) atoms. The SMILES string of the molecule is O=C(NCC1CCCO1)c1ccc(-n2cccn2)cc1. The van der Waals surface area contributed by atoms with Gasteiger partial charge in [-0.05, 0) is 43.2 Å². The van der Waals surface area contributed by atoms with E-state index in [0.29, 0.717) is 12.1 Å². The molecule has 1 aliphatic rings. The van der Waals surface area contributed by atoms with Crippen molar-refractivity contribution in [3.05, 3.63) is 48.3 Å². The Morgan fingerprint density at radius 1 is 1.40 bits per heavy atom. The normalized spacial score (nSPS) is 18.1. The summed E-state index contributed by atoms with van der Waals surface area (Å²) >= 11 is 0. The Kier molecular flexibility index (Phi) is 3.78. The highest BCUT2D eigenvalue weighted by atomic mass is 16.5. The zero-order valence-electron chi connectivity index (χ0n) is 11.2. The van der Waals surface area contributed by atoms with Crippen LogP contribution in [0.25, 0.3) is 5.69 Å². The quantitative estimate of drug-likeness (QED) is 0.922. The van der Waals surface area contributed by atoms with Crippen LogP contribution in [0.1, 0.15) is 23.2 Å². The van der Waals surface area contributed by atoms with E-state index in [2.05, 4.69) is 10.4 Å². The molecule has 1 atom stereocenters. The molecular formula is C15H17N3O2. The fraction of sp³-hybridized carbons (Fsp3) is 0.333. The highest BCUT2D eigenvalue weighted by Crippen LogP contribution is 2.12. The topological polar surface area (TPSA) is 56.1 Å². The van der Waals surface area contributed by atoms with Gasteiger partial charge in [0, 0.05) is 31.1 Å². The van der Waals surface area contributed by atoms with E-state index in [9.17, 15) is 4.79 Å². The van der Waals surface area contributed by atoms with E-state index in [1.54, 1.807) is 10.9 Å². The number of rotatable bonds is 4. The molecule has 1 N–H and O–H groups in total. The average molecular weight is 271 g/mol. The molecule has 5 nitrogen and oxygen atoms in total. The molecule has 104 valence electrons. The summed E-state index contributed by atoms with van der Waals surface area (Å²) in [6, 6.07) is 9.24. The Balaban J connectivity index is 1.60. The van der Waals surface area contributed by atoms with Gasteiger partial charge in [0.25, 0.3) is 5.91 Å². The van der Waals surface area contributed by atoms with Crippen molar-refractivity contribution in [3.63, 3.8) is 0 Å². The lowest BCUT2D eigenvalue weighted by Gasteiger charge is -2.11. The number of nitrogens with zero attached hydrogens (tertiary/aromatic N) is 2. The van der Waals surface area contributed by atoms with E-state index in [-0.39, 0.29) is 12.0 Å². The maximum absolute atomic E-state index is 12.0. The van der Waals surface area contributed by atoms with Crippen molar-refractivity contribution < 1.29 is 9.53 Å². The van der Waals surface area contributed by atoms with Gasteiger partial charge in [-0.1, -0.05) is 0 Å². The van der Waals surface area contributed by atoms with Crippen LogP contribution >= 0.6 is 0 Å². The maximum Gasteiger partial charge on any atom is 0.251 e. The van der Waals surface area contributed by atoms with Crippen LogP contribution < -0.4 is 5.32 Å². The summed E-state index contributed by atoms with van der Waals surface area (Å²) in [5.74, 6) is -0.0625. The first-order valence-electron chi connectivity index (χ1n) is 6.83. The van der Waals surface area contributed by atoms with Gasteiger partial charge >= 0.3 is 0 Å². The summed E-state index contributed by atoms with van der Waals surface area (Å²) in [4.78, 5) is 12.0. The van der Waals surface area contributed by atoms with Gasteiger partial charge < -0.3 is 10.1 Å². The maximum atomic E-state index is 12.0. The molecule has 0 spiro atoms. The van der Waals surface area contributed by atoms with Crippen LogP contribution in [0.3, 0.4) is 0 Å². The molecule has 0 saturated carbocycles. The first-order valence-corrected chi connectivity index (χ1v) is 6.83. The third kappa shape index (κ3) is 2.88. The molecule has 5 heteroatoms. The molecule has 1 unspecified atom stereocenters. The Bertz CT molecular complexity index is 557. The Morgan fingerprint density at radius 3 is 2.90 bits per heavy atom. The van der Waals surface area contributed by atoms with Gasteiger partial charge in [0.05, 0.1) is 11.8 Å². The molecule has 2 heterocycles. The van der Waals surface area contributed by atoms with Gasteiger partial charge in [0.15, 0.2) is 0 Å². The second kappa shape index (κ2) is 5.88. The number of amides is 1. The third-order valence-electron chi connectivity index (χ3n) is 3.41. The van der Waals surface area contributed by atoms with Crippen LogP contribution in [0.4, 0.5) is 0 Å². The van der Waals surface area contributed by atoms with Crippen molar-refractivity contribution in [1.82, 2.24) is 15.1 Å². The van der Waals surface area contributed by atoms with Crippen LogP contribution in [0.15, 0.2) is 42.7 Å². The number of hydrogen-bond acceptors (Lipinski definition) is 3. The Morgan fingerprint density at radius 2 is 2.25 bits per heavy atom. The van der Waals surface area contributed by atoms with E-state index in [1.165, 1.54) is 0 Å². The molecule has 1 aliphatic heterocycles. The fourth-order valence-corrected chi connectivity index (χ4v) is 2.30. The number of nitrogens with one attached hydrogen (secondary N) is 1. The highest BCUT2D eigenvalue weighted by Gasteiger charge is 2.16. The summed E-state index contributed by atoms with van der Waals surface area (Å²) in [7, 11) is 0. The second-order valence-corrected chi connectivity index (χ2v) is 4.84. The zero-order valence-corrected chi connectivity index (χ0v) is 11.2. The lowest BCUT2D eigenvalue weighted by atomic mass is 10.2. The molecular weight excluding hydrogens is 254 g/mol. The van der Waals surface area contributed by atoms with Crippen molar-refractivity contribution in [2.45, 2.75) is 18.9 Å². The van der Waals surface area contributed by atoms with Crippen LogP contribution in [0.2, 0.25) is 0 Å². The van der Waals surface area contributed by atoms with Crippen molar-refractivity contribution >= 4 is 5.91 Å². The summed E-state index contributed by atoms with van der Waals surface area (Å²) in [6.07, 6.45) is 5.87. The van der Waals surface area contributed by atoms with Crippen molar-refractivity contribution in [2.24, 2.45) is 0 Å². The fourth-order valence-electron chi connectivity index (χ4n) is 2.30. The first kappa shape index (κ1) is 12.9. The van der Waals surface area contributed by atoms with Gasteiger partial charge in [-0.3, -0.25) is 4.79 Å². The molecule has 3 rings (SSSR count). The number of hydrogen-bond donors (Lipinski definition) is 1. The standard InChI is InChI=1S/C15H17N3O2/c19-15(16-11-14-3-1-10-20-14)12-4-6-13(7-5-12)18-9-2-8-17-18/h2,4-9,14H,1,3,10-11H2,(H,16,19). The molecule has 1 aromatic carbocycles. The molecule has 0 radical (unpaired) electrons. The van der Waals surface area contributed by atoms with E-state index in [1.807, 2.05) is 36.5 Å². The van der Waals surface area contributed by atoms with E-state index in [0.717, 1.165) is 25.1 Å². The molecule has 1 aromatic heterocycles. The Hall–Kier alpha value is -2.14. The predicted molar refractivity (Wildman–Crippen MR) is 74.9 cm³/mol. The number of aromatic nitrogens is 2. The molecule has 1 amide bonds. The predicted octanol–water partition coefficient (Wildman–Crippen LogP) is 1.78. The van der Waals surface area contributed by atoms with E-state index in [4.69, 9.17) is 4.74 Å². The Labute approximate surface area is 117 Å². The van der Waals surface area contributed by atoms with Gasteiger partial charge in [-0.15, -0.1) is 0 Å². The minimum absolute atomic E-state index is 0.0625. The first-order chi connectivity index (χ1) is 9.83. The number of benzene rings is 1. The third-order valence-corrected chi connectivity index (χ3v) is 3.41. The van der Waals surface area contributed by atoms with Crippen molar-refractivity contribution in [2.75, 3.05) is 13.2 Å². The second-order valence-electron chi connectivity index (χ2n) is 4.84. The van der Waals surface area contributed by atoms with E-state index < -0.39 is 0 Å². The number of carbonyl (C=O) groups is 1. The van der Waals surface area contributed by atoms with Crippen LogP contribution in [0, 0.1) is 0 Å². The molecule has 2 aromatic rings. The summed E-state index contributed by atoms with van der Waals surface area (Å²) in [5.41, 5.74) is 1.59. The monoisotopic (exact) mass is 271 g/mol. The molecule has 1 fully saturated rings. The highest BCUT2D eigenvalue weighted by molar-refractivity contribution is 5.94. The summed E-state index contributed by atoms with van der Waals surface area (Å²) < 4.78 is 7.24. The summed E-state index contributed by atoms with van der Waals surface area (Å²) in [6.45, 7) is 1.39. The van der Waals surface area contributed by atoms with Crippen molar-refractivity contribution in [1.29, 1.82) is 0 Å². The number of carbonyl (C=O) groups excluding carboxylic acids is 1. The smallest absolute Gasteiger partial charge is 0.251 e. The molecule has 0 bridgehead atoms. The average Bonchev–Trinajstić information content (AvgIpc) is 3.18. The molecule has 0 aliphatic carbocycles. The summed E-state index contributed by atoms with van der Waals surface area (Å²) in [5, 5.41) is 7.06. The van der Waals surface area contributed by atoms with Gasteiger partial charge in [-0.25, -0.2) is 4.68 Å². The van der Waals surface area contributed by atoms with E-state index >= 15 is 0 Å². The van der Waals surface area contributed by atoms with Gasteiger partial charge in [0.1, 0.15) is 0 Å². The van der Waals surface area contributed by atoms with Gasteiger partial charge in [-0.2, -0.15) is 5.10 Å². The minimum atomic E-state index is -0.0625. The van der Waals surface area contributed by atoms with Crippen LogP contribution in [-0.2, 0) is 4.74 Å². The lowest BCUT2D eigenvalue weighted by Crippen LogP contribution is -2.31. The van der Waals surface area contributed by atoms with Crippen LogP contribution in [0.5, 0.6) is 0 Å². The lowest BCUT2D eigenvalue weighted by molar-refractivity contribution is 0.0858. The number of ether oxygens (including phenoxy) is 1. The van der Waals surface area contributed by atoms with Crippen molar-refractivity contribution in [3.8, 4) is 5.69 Å². The zero-order chi connectivity index (χ0) is 13.8. The van der Waals surface area contributed by atoms with Gasteiger partial charge in [0.2, 0.25) is 0 Å². The minimum Gasteiger partial charge on any atom is -0.376 e. The molecule has 1 saturated heterocycles. The largest absolute Gasteiger partial charge is 0.376 e.